The van der Waals surface area contributed by atoms with E-state index >= 15 is 0 Å². The molecule has 0 atom stereocenters. The molecule has 1 aromatic rings. The number of ether oxygens (including phenoxy) is 1. The first-order valence-electron chi connectivity index (χ1n) is 8.92. The Morgan fingerprint density at radius 2 is 1.89 bits per heavy atom. The van der Waals surface area contributed by atoms with Gasteiger partial charge >= 0.3 is 5.97 Å². The van der Waals surface area contributed by atoms with Crippen molar-refractivity contribution in [3.8, 4) is 0 Å². The maximum atomic E-state index is 13.0. The number of aryl methyl sites for hydroxylation is 2. The largest absolute Gasteiger partial charge is 0.469 e. The van der Waals surface area contributed by atoms with Crippen molar-refractivity contribution in [1.82, 2.24) is 14.5 Å². The molecule has 0 amide bonds. The number of hydrogen-bond donors (Lipinski definition) is 1. The molecule has 0 spiro atoms. The van der Waals surface area contributed by atoms with Gasteiger partial charge in [0.2, 0.25) is 10.0 Å². The molecule has 1 saturated heterocycles. The second kappa shape index (κ2) is 9.48. The summed E-state index contributed by atoms with van der Waals surface area (Å²) in [7, 11) is -2.14. The SMILES string of the molecule is COC(=O)CCCNC(=S)N1CCN(S(=O)(=O)c2cc(C)ccc2C)CC1. The highest BCUT2D eigenvalue weighted by atomic mass is 32.2. The zero-order chi connectivity index (χ0) is 20.0. The van der Waals surface area contributed by atoms with E-state index in [0.717, 1.165) is 11.1 Å². The van der Waals surface area contributed by atoms with Crippen molar-refractivity contribution < 1.29 is 17.9 Å². The second-order valence-electron chi connectivity index (χ2n) is 6.57. The van der Waals surface area contributed by atoms with Crippen molar-refractivity contribution in [3.63, 3.8) is 0 Å². The number of sulfonamides is 1. The van der Waals surface area contributed by atoms with E-state index in [1.54, 1.807) is 6.07 Å². The van der Waals surface area contributed by atoms with Gasteiger partial charge in [-0.15, -0.1) is 0 Å². The van der Waals surface area contributed by atoms with Crippen molar-refractivity contribution in [1.29, 1.82) is 0 Å². The topological polar surface area (TPSA) is 79.0 Å². The third-order valence-corrected chi connectivity index (χ3v) is 6.99. The third-order valence-electron chi connectivity index (χ3n) is 4.55. The van der Waals surface area contributed by atoms with E-state index in [4.69, 9.17) is 12.2 Å². The third kappa shape index (κ3) is 5.63. The van der Waals surface area contributed by atoms with Gasteiger partial charge in [0.05, 0.1) is 12.0 Å². The lowest BCUT2D eigenvalue weighted by atomic mass is 10.2. The van der Waals surface area contributed by atoms with Gasteiger partial charge in [-0.2, -0.15) is 4.31 Å². The Labute approximate surface area is 166 Å². The molecule has 1 aliphatic heterocycles. The molecule has 2 rings (SSSR count). The summed E-state index contributed by atoms with van der Waals surface area (Å²) in [5.74, 6) is -0.243. The average Bonchev–Trinajstić information content (AvgIpc) is 2.66. The number of esters is 1. The first-order chi connectivity index (χ1) is 12.8. The first-order valence-corrected chi connectivity index (χ1v) is 10.8. The summed E-state index contributed by atoms with van der Waals surface area (Å²) < 4.78 is 32.0. The molecule has 27 heavy (non-hydrogen) atoms. The monoisotopic (exact) mass is 413 g/mol. The van der Waals surface area contributed by atoms with Gasteiger partial charge < -0.3 is 15.0 Å². The number of rotatable bonds is 6. The molecule has 150 valence electrons. The number of thiocarbonyl (C=S) groups is 1. The van der Waals surface area contributed by atoms with Gasteiger partial charge in [0, 0.05) is 39.1 Å². The maximum Gasteiger partial charge on any atom is 0.305 e. The minimum Gasteiger partial charge on any atom is -0.469 e. The highest BCUT2D eigenvalue weighted by molar-refractivity contribution is 7.89. The quantitative estimate of drug-likeness (QED) is 0.429. The van der Waals surface area contributed by atoms with Crippen LogP contribution in [0.25, 0.3) is 0 Å². The molecule has 7 nitrogen and oxygen atoms in total. The Kier molecular flexibility index (Phi) is 7.58. The Balaban J connectivity index is 1.88. The van der Waals surface area contributed by atoms with Crippen LogP contribution in [0.1, 0.15) is 24.0 Å². The molecule has 0 radical (unpaired) electrons. The van der Waals surface area contributed by atoms with Gasteiger partial charge in [0.25, 0.3) is 0 Å². The van der Waals surface area contributed by atoms with Crippen LogP contribution < -0.4 is 5.32 Å². The molecule has 0 saturated carbocycles. The lowest BCUT2D eigenvalue weighted by Crippen LogP contribution is -2.53. The van der Waals surface area contributed by atoms with Gasteiger partial charge in [-0.05, 0) is 49.7 Å². The van der Waals surface area contributed by atoms with E-state index < -0.39 is 10.0 Å². The van der Waals surface area contributed by atoms with Crippen LogP contribution in [0, 0.1) is 13.8 Å². The minimum absolute atomic E-state index is 0.243. The fourth-order valence-electron chi connectivity index (χ4n) is 2.90. The molecule has 1 N–H and O–H groups in total. The van der Waals surface area contributed by atoms with Crippen LogP contribution in [-0.2, 0) is 19.6 Å². The van der Waals surface area contributed by atoms with Gasteiger partial charge in [-0.1, -0.05) is 12.1 Å². The molecule has 0 aliphatic carbocycles. The van der Waals surface area contributed by atoms with Gasteiger partial charge in [-0.25, -0.2) is 8.42 Å². The van der Waals surface area contributed by atoms with Crippen LogP contribution in [0.15, 0.2) is 23.1 Å². The number of nitrogens with one attached hydrogen (secondary N) is 1. The molecule has 1 fully saturated rings. The standard InChI is InChI=1S/C18H27N3O4S2/c1-14-6-7-15(2)16(13-14)27(23,24)21-11-9-20(10-12-21)18(26)19-8-4-5-17(22)25-3/h6-7,13H,4-5,8-12H2,1-3H3,(H,19,26). The number of hydrogen-bond acceptors (Lipinski definition) is 5. The van der Waals surface area contributed by atoms with Crippen LogP contribution >= 0.6 is 12.2 Å². The summed E-state index contributed by atoms with van der Waals surface area (Å²) in [5, 5.41) is 3.70. The van der Waals surface area contributed by atoms with Crippen LogP contribution in [0.3, 0.4) is 0 Å². The summed E-state index contributed by atoms with van der Waals surface area (Å²) in [5.41, 5.74) is 1.68. The van der Waals surface area contributed by atoms with Crippen molar-refractivity contribution in [3.05, 3.63) is 29.3 Å². The number of carbonyl (C=O) groups excluding carboxylic acids is 1. The van der Waals surface area contributed by atoms with E-state index in [2.05, 4.69) is 10.1 Å². The van der Waals surface area contributed by atoms with Crippen molar-refractivity contribution in [2.75, 3.05) is 39.8 Å². The van der Waals surface area contributed by atoms with Gasteiger partial charge in [-0.3, -0.25) is 4.79 Å². The van der Waals surface area contributed by atoms with Crippen LogP contribution in [0.4, 0.5) is 0 Å². The van der Waals surface area contributed by atoms with E-state index in [0.29, 0.717) is 55.6 Å². The fraction of sp³-hybridized carbons (Fsp3) is 0.556. The number of benzene rings is 1. The van der Waals surface area contributed by atoms with E-state index in [1.165, 1.54) is 11.4 Å². The van der Waals surface area contributed by atoms with Crippen molar-refractivity contribution in [2.24, 2.45) is 0 Å². The normalized spacial score (nSPS) is 15.4. The Bertz CT molecular complexity index is 788. The highest BCUT2D eigenvalue weighted by Crippen LogP contribution is 2.22. The molecule has 0 bridgehead atoms. The Morgan fingerprint density at radius 3 is 2.52 bits per heavy atom. The van der Waals surface area contributed by atoms with E-state index in [-0.39, 0.29) is 5.97 Å². The molecular weight excluding hydrogens is 386 g/mol. The second-order valence-corrected chi connectivity index (χ2v) is 8.86. The van der Waals surface area contributed by atoms with Crippen LogP contribution in [-0.4, -0.2) is 68.5 Å². The van der Waals surface area contributed by atoms with E-state index in [9.17, 15) is 13.2 Å². The fourth-order valence-corrected chi connectivity index (χ4v) is 4.91. The van der Waals surface area contributed by atoms with Crippen molar-refractivity contribution >= 4 is 33.3 Å². The van der Waals surface area contributed by atoms with Crippen molar-refractivity contribution in [2.45, 2.75) is 31.6 Å². The molecule has 1 heterocycles. The Morgan fingerprint density at radius 1 is 1.22 bits per heavy atom. The highest BCUT2D eigenvalue weighted by Gasteiger charge is 2.30. The van der Waals surface area contributed by atoms with Gasteiger partial charge in [0.1, 0.15) is 0 Å². The number of nitrogens with zero attached hydrogens (tertiary/aromatic N) is 2. The van der Waals surface area contributed by atoms with Gasteiger partial charge in [0.15, 0.2) is 5.11 Å². The zero-order valence-electron chi connectivity index (χ0n) is 16.0. The summed E-state index contributed by atoms with van der Waals surface area (Å²) in [6, 6.07) is 5.48. The zero-order valence-corrected chi connectivity index (χ0v) is 17.7. The predicted molar refractivity (Wildman–Crippen MR) is 108 cm³/mol. The summed E-state index contributed by atoms with van der Waals surface area (Å²) in [6.07, 6.45) is 0.974. The minimum atomic E-state index is -3.51. The summed E-state index contributed by atoms with van der Waals surface area (Å²) >= 11 is 5.38. The lowest BCUT2D eigenvalue weighted by Gasteiger charge is -2.35. The molecule has 1 aromatic carbocycles. The molecule has 0 aromatic heterocycles. The number of carbonyl (C=O) groups is 1. The molecule has 1 aliphatic rings. The first kappa shape index (κ1) is 21.6. The van der Waals surface area contributed by atoms with Crippen LogP contribution in [0.5, 0.6) is 0 Å². The molecule has 0 unspecified atom stereocenters. The van der Waals surface area contributed by atoms with E-state index in [1.807, 2.05) is 30.9 Å². The smallest absolute Gasteiger partial charge is 0.305 e. The maximum absolute atomic E-state index is 13.0. The number of piperazine rings is 1. The summed E-state index contributed by atoms with van der Waals surface area (Å²) in [6.45, 7) is 6.13. The predicted octanol–water partition coefficient (Wildman–Crippen LogP) is 1.44. The summed E-state index contributed by atoms with van der Waals surface area (Å²) in [4.78, 5) is 13.4. The lowest BCUT2D eigenvalue weighted by molar-refractivity contribution is -0.140. The number of methoxy groups -OCH3 is 1. The molecule has 9 heteroatoms. The average molecular weight is 414 g/mol. The molecular formula is C18H27N3O4S2. The Hall–Kier alpha value is -1.71. The van der Waals surface area contributed by atoms with Crippen LogP contribution in [0.2, 0.25) is 0 Å².